The van der Waals surface area contributed by atoms with Crippen molar-refractivity contribution in [2.45, 2.75) is 70.1 Å². The highest BCUT2D eigenvalue weighted by Gasteiger charge is 2.22. The molecule has 1 aliphatic carbocycles. The zero-order valence-electron chi connectivity index (χ0n) is 12.2. The van der Waals surface area contributed by atoms with Gasteiger partial charge in [0, 0.05) is 25.7 Å². The smallest absolute Gasteiger partial charge is 0.0572 e. The third kappa shape index (κ3) is 4.22. The van der Waals surface area contributed by atoms with E-state index in [1.165, 1.54) is 58.0 Å². The minimum atomic E-state index is 0.516. The van der Waals surface area contributed by atoms with Crippen LogP contribution in [-0.4, -0.2) is 49.8 Å². The van der Waals surface area contributed by atoms with Gasteiger partial charge in [-0.1, -0.05) is 6.42 Å². The van der Waals surface area contributed by atoms with Crippen molar-refractivity contribution in [2.24, 2.45) is 0 Å². The largest absolute Gasteiger partial charge is 0.381 e. The van der Waals surface area contributed by atoms with Gasteiger partial charge in [-0.05, 0) is 58.5 Å². The topological polar surface area (TPSA) is 24.5 Å². The Hall–Kier alpha value is -0.120. The Morgan fingerprint density at radius 1 is 1.11 bits per heavy atom. The number of nitrogens with one attached hydrogen (secondary N) is 1. The standard InChI is InChI=1S/C15H30N2O/c1-13(17-10-4-3-5-11-17)12-16-14-6-8-15(18-2)9-7-14/h13-16H,3-12H2,1-2H3. The molecular formula is C15H30N2O. The van der Waals surface area contributed by atoms with Crippen molar-refractivity contribution < 1.29 is 4.74 Å². The molecule has 0 spiro atoms. The highest BCUT2D eigenvalue weighted by atomic mass is 16.5. The first-order chi connectivity index (χ1) is 8.79. The van der Waals surface area contributed by atoms with Gasteiger partial charge in [-0.15, -0.1) is 0 Å². The normalized spacial score (nSPS) is 32.3. The van der Waals surface area contributed by atoms with Crippen molar-refractivity contribution in [3.05, 3.63) is 0 Å². The van der Waals surface area contributed by atoms with E-state index < -0.39 is 0 Å². The molecule has 1 aliphatic heterocycles. The summed E-state index contributed by atoms with van der Waals surface area (Å²) in [6, 6.07) is 1.43. The molecule has 1 heterocycles. The van der Waals surface area contributed by atoms with E-state index in [0.29, 0.717) is 12.1 Å². The van der Waals surface area contributed by atoms with Gasteiger partial charge in [-0.25, -0.2) is 0 Å². The number of rotatable bonds is 5. The molecule has 1 saturated carbocycles. The Morgan fingerprint density at radius 3 is 2.39 bits per heavy atom. The predicted octanol–water partition coefficient (Wildman–Crippen LogP) is 2.41. The maximum Gasteiger partial charge on any atom is 0.0572 e. The van der Waals surface area contributed by atoms with Crippen molar-refractivity contribution >= 4 is 0 Å². The Kier molecular flexibility index (Phi) is 5.93. The van der Waals surface area contributed by atoms with Crippen LogP contribution in [0.5, 0.6) is 0 Å². The summed E-state index contributed by atoms with van der Waals surface area (Å²) in [6.45, 7) is 6.14. The Balaban J connectivity index is 1.62. The maximum atomic E-state index is 5.42. The van der Waals surface area contributed by atoms with Crippen molar-refractivity contribution in [3.63, 3.8) is 0 Å². The van der Waals surface area contributed by atoms with E-state index in [9.17, 15) is 0 Å². The fourth-order valence-corrected chi connectivity index (χ4v) is 3.33. The monoisotopic (exact) mass is 254 g/mol. The first kappa shape index (κ1) is 14.3. The van der Waals surface area contributed by atoms with Crippen molar-refractivity contribution in [2.75, 3.05) is 26.7 Å². The van der Waals surface area contributed by atoms with Gasteiger partial charge >= 0.3 is 0 Å². The van der Waals surface area contributed by atoms with Gasteiger partial charge < -0.3 is 10.1 Å². The van der Waals surface area contributed by atoms with Gasteiger partial charge in [0.25, 0.3) is 0 Å². The third-order valence-electron chi connectivity index (χ3n) is 4.72. The Bertz CT molecular complexity index is 221. The van der Waals surface area contributed by atoms with Gasteiger partial charge in [-0.2, -0.15) is 0 Å². The molecule has 3 nitrogen and oxygen atoms in total. The molecule has 0 aromatic carbocycles. The van der Waals surface area contributed by atoms with Gasteiger partial charge in [-0.3, -0.25) is 4.90 Å². The number of hydrogen-bond donors (Lipinski definition) is 1. The molecule has 0 aromatic rings. The lowest BCUT2D eigenvalue weighted by molar-refractivity contribution is 0.0612. The molecule has 1 saturated heterocycles. The van der Waals surface area contributed by atoms with E-state index in [1.54, 1.807) is 0 Å². The number of nitrogens with zero attached hydrogens (tertiary/aromatic N) is 1. The van der Waals surface area contributed by atoms with Crippen LogP contribution in [0.3, 0.4) is 0 Å². The molecule has 0 radical (unpaired) electrons. The first-order valence-electron chi connectivity index (χ1n) is 7.80. The van der Waals surface area contributed by atoms with Crippen LogP contribution in [0, 0.1) is 0 Å². The summed E-state index contributed by atoms with van der Waals surface area (Å²) in [5.74, 6) is 0. The molecule has 1 N–H and O–H groups in total. The van der Waals surface area contributed by atoms with Gasteiger partial charge in [0.1, 0.15) is 0 Å². The number of hydrogen-bond acceptors (Lipinski definition) is 3. The van der Waals surface area contributed by atoms with E-state index in [4.69, 9.17) is 4.74 Å². The molecular weight excluding hydrogens is 224 g/mol. The van der Waals surface area contributed by atoms with Crippen molar-refractivity contribution in [1.82, 2.24) is 10.2 Å². The van der Waals surface area contributed by atoms with E-state index in [0.717, 1.165) is 12.6 Å². The lowest BCUT2D eigenvalue weighted by Gasteiger charge is -2.34. The maximum absolute atomic E-state index is 5.42. The van der Waals surface area contributed by atoms with Crippen molar-refractivity contribution in [3.8, 4) is 0 Å². The molecule has 2 fully saturated rings. The summed E-state index contributed by atoms with van der Waals surface area (Å²) in [6.07, 6.45) is 9.75. The van der Waals surface area contributed by atoms with Crippen LogP contribution in [0.1, 0.15) is 51.9 Å². The quantitative estimate of drug-likeness (QED) is 0.815. The van der Waals surface area contributed by atoms with Crippen LogP contribution in [0.25, 0.3) is 0 Å². The van der Waals surface area contributed by atoms with E-state index in [2.05, 4.69) is 17.1 Å². The van der Waals surface area contributed by atoms with Crippen LogP contribution >= 0.6 is 0 Å². The summed E-state index contributed by atoms with van der Waals surface area (Å²) >= 11 is 0. The van der Waals surface area contributed by atoms with Crippen LogP contribution in [0.15, 0.2) is 0 Å². The summed E-state index contributed by atoms with van der Waals surface area (Å²) in [5.41, 5.74) is 0. The van der Waals surface area contributed by atoms with Crippen LogP contribution < -0.4 is 5.32 Å². The molecule has 106 valence electrons. The predicted molar refractivity (Wildman–Crippen MR) is 75.9 cm³/mol. The van der Waals surface area contributed by atoms with Crippen LogP contribution in [0.4, 0.5) is 0 Å². The van der Waals surface area contributed by atoms with Gasteiger partial charge in [0.2, 0.25) is 0 Å². The van der Waals surface area contributed by atoms with E-state index in [-0.39, 0.29) is 0 Å². The number of piperidine rings is 1. The summed E-state index contributed by atoms with van der Waals surface area (Å²) in [4.78, 5) is 2.65. The van der Waals surface area contributed by atoms with E-state index in [1.807, 2.05) is 7.11 Å². The fraction of sp³-hybridized carbons (Fsp3) is 1.00. The molecule has 0 bridgehead atoms. The zero-order chi connectivity index (χ0) is 12.8. The van der Waals surface area contributed by atoms with E-state index >= 15 is 0 Å². The van der Waals surface area contributed by atoms with Gasteiger partial charge in [0.15, 0.2) is 0 Å². The average Bonchev–Trinajstić information content (AvgIpc) is 2.46. The summed E-state index contributed by atoms with van der Waals surface area (Å²) < 4.78 is 5.42. The fourth-order valence-electron chi connectivity index (χ4n) is 3.33. The molecule has 2 aliphatic rings. The zero-order valence-corrected chi connectivity index (χ0v) is 12.2. The molecule has 18 heavy (non-hydrogen) atoms. The van der Waals surface area contributed by atoms with Gasteiger partial charge in [0.05, 0.1) is 6.10 Å². The second-order valence-electron chi connectivity index (χ2n) is 6.06. The Labute approximate surface area is 112 Å². The first-order valence-corrected chi connectivity index (χ1v) is 7.80. The summed E-state index contributed by atoms with van der Waals surface area (Å²) in [5, 5.41) is 3.77. The third-order valence-corrected chi connectivity index (χ3v) is 4.72. The molecule has 3 heteroatoms. The second kappa shape index (κ2) is 7.46. The SMILES string of the molecule is COC1CCC(NCC(C)N2CCCCC2)CC1. The highest BCUT2D eigenvalue weighted by Crippen LogP contribution is 2.20. The second-order valence-corrected chi connectivity index (χ2v) is 6.06. The number of methoxy groups -OCH3 is 1. The molecule has 1 unspecified atom stereocenters. The van der Waals surface area contributed by atoms with Crippen LogP contribution in [0.2, 0.25) is 0 Å². The number of likely N-dealkylation sites (tertiary alicyclic amines) is 1. The molecule has 1 atom stereocenters. The Morgan fingerprint density at radius 2 is 1.78 bits per heavy atom. The minimum absolute atomic E-state index is 0.516. The molecule has 0 amide bonds. The molecule has 0 aromatic heterocycles. The number of ether oxygens (including phenoxy) is 1. The van der Waals surface area contributed by atoms with Crippen LogP contribution in [-0.2, 0) is 4.74 Å². The van der Waals surface area contributed by atoms with Crippen molar-refractivity contribution in [1.29, 1.82) is 0 Å². The average molecular weight is 254 g/mol. The highest BCUT2D eigenvalue weighted by molar-refractivity contribution is 4.80. The summed E-state index contributed by atoms with van der Waals surface area (Å²) in [7, 11) is 1.84. The lowest BCUT2D eigenvalue weighted by Crippen LogP contribution is -2.46. The minimum Gasteiger partial charge on any atom is -0.381 e. The molecule has 2 rings (SSSR count). The lowest BCUT2D eigenvalue weighted by atomic mass is 9.93.